The highest BCUT2D eigenvalue weighted by molar-refractivity contribution is 5.92. The lowest BCUT2D eigenvalue weighted by atomic mass is 10.1. The summed E-state index contributed by atoms with van der Waals surface area (Å²) in [5.41, 5.74) is 8.49. The molecule has 1 atom stereocenters. The van der Waals surface area contributed by atoms with Gasteiger partial charge in [-0.05, 0) is 26.5 Å². The van der Waals surface area contributed by atoms with Gasteiger partial charge in [0.15, 0.2) is 0 Å². The normalized spacial score (nSPS) is 16.5. The number of rotatable bonds is 5. The highest BCUT2D eigenvalue weighted by Gasteiger charge is 2.31. The van der Waals surface area contributed by atoms with Crippen molar-refractivity contribution in [3.05, 3.63) is 59.7 Å². The van der Waals surface area contributed by atoms with E-state index in [0.717, 1.165) is 12.0 Å². The van der Waals surface area contributed by atoms with E-state index in [1.165, 1.54) is 5.56 Å². The third-order valence-electron chi connectivity index (χ3n) is 5.26. The fraction of sp³-hybridized carbons (Fsp3) is 0.333. The van der Waals surface area contributed by atoms with Crippen LogP contribution in [0.15, 0.2) is 47.1 Å². The van der Waals surface area contributed by atoms with Crippen molar-refractivity contribution in [3.8, 4) is 11.3 Å². The van der Waals surface area contributed by atoms with Crippen molar-refractivity contribution in [2.45, 2.75) is 25.9 Å². The van der Waals surface area contributed by atoms with E-state index in [1.807, 2.05) is 38.2 Å². The summed E-state index contributed by atoms with van der Waals surface area (Å²) in [5.74, 6) is 1.27. The molecule has 0 unspecified atom stereocenters. The van der Waals surface area contributed by atoms with Crippen LogP contribution in [0.4, 0.5) is 5.82 Å². The Balaban J connectivity index is 1.38. The second-order valence-electron chi connectivity index (χ2n) is 7.45. The van der Waals surface area contributed by atoms with E-state index in [1.54, 1.807) is 23.2 Å². The second kappa shape index (κ2) is 8.00. The molecule has 2 aromatic heterocycles. The van der Waals surface area contributed by atoms with Crippen molar-refractivity contribution in [2.75, 3.05) is 25.9 Å². The molecule has 29 heavy (non-hydrogen) atoms. The molecule has 150 valence electrons. The molecule has 8 heteroatoms. The Kier molecular flexibility index (Phi) is 5.26. The number of benzene rings is 1. The van der Waals surface area contributed by atoms with E-state index >= 15 is 0 Å². The van der Waals surface area contributed by atoms with Gasteiger partial charge in [-0.25, -0.2) is 9.97 Å². The predicted molar refractivity (Wildman–Crippen MR) is 109 cm³/mol. The average molecular weight is 392 g/mol. The van der Waals surface area contributed by atoms with Crippen LogP contribution in [-0.2, 0) is 6.54 Å². The maximum absolute atomic E-state index is 12.8. The minimum Gasteiger partial charge on any atom is -0.384 e. The summed E-state index contributed by atoms with van der Waals surface area (Å²) in [5, 5.41) is 4.07. The van der Waals surface area contributed by atoms with Crippen molar-refractivity contribution in [1.82, 2.24) is 24.9 Å². The van der Waals surface area contributed by atoms with Crippen molar-refractivity contribution < 1.29 is 9.32 Å². The number of likely N-dealkylation sites (N-methyl/N-ethyl adjacent to an activating group) is 1. The van der Waals surface area contributed by atoms with E-state index in [0.29, 0.717) is 37.0 Å². The van der Waals surface area contributed by atoms with Crippen LogP contribution in [-0.4, -0.2) is 57.0 Å². The molecule has 8 nitrogen and oxygen atoms in total. The number of nitrogens with zero attached hydrogens (tertiary/aromatic N) is 5. The second-order valence-corrected chi connectivity index (χ2v) is 7.45. The fourth-order valence-electron chi connectivity index (χ4n) is 3.52. The Hall–Kier alpha value is -3.26. The number of anilines is 1. The lowest BCUT2D eigenvalue weighted by Gasteiger charge is -2.23. The molecule has 3 heterocycles. The Morgan fingerprint density at radius 3 is 2.86 bits per heavy atom. The van der Waals surface area contributed by atoms with E-state index in [-0.39, 0.29) is 17.7 Å². The molecule has 4 rings (SSSR count). The number of carbonyl (C=O) groups excluding carboxylic acids is 1. The number of hydrogen-bond acceptors (Lipinski definition) is 7. The summed E-state index contributed by atoms with van der Waals surface area (Å²) < 4.78 is 5.34. The zero-order valence-corrected chi connectivity index (χ0v) is 16.6. The van der Waals surface area contributed by atoms with Crippen molar-refractivity contribution >= 4 is 11.7 Å². The number of carbonyl (C=O) groups is 1. The summed E-state index contributed by atoms with van der Waals surface area (Å²) >= 11 is 0. The number of hydrogen-bond donors (Lipinski definition) is 1. The zero-order chi connectivity index (χ0) is 20.4. The number of aryl methyl sites for hydroxylation is 1. The van der Waals surface area contributed by atoms with Gasteiger partial charge in [0.25, 0.3) is 5.91 Å². The van der Waals surface area contributed by atoms with E-state index in [2.05, 4.69) is 20.0 Å². The molecule has 3 aromatic rings. The number of nitrogens with two attached hydrogens (primary N) is 1. The van der Waals surface area contributed by atoms with Crippen LogP contribution in [0.3, 0.4) is 0 Å². The van der Waals surface area contributed by atoms with Crippen LogP contribution in [0.1, 0.15) is 28.4 Å². The maximum Gasteiger partial charge on any atom is 0.292 e. The van der Waals surface area contributed by atoms with Gasteiger partial charge >= 0.3 is 0 Å². The number of likely N-dealkylation sites (tertiary alicyclic amines) is 1. The Morgan fingerprint density at radius 2 is 2.10 bits per heavy atom. The lowest BCUT2D eigenvalue weighted by molar-refractivity contribution is 0.0738. The highest BCUT2D eigenvalue weighted by Crippen LogP contribution is 2.23. The maximum atomic E-state index is 12.8. The first-order valence-corrected chi connectivity index (χ1v) is 9.60. The quantitative estimate of drug-likeness (QED) is 0.711. The summed E-state index contributed by atoms with van der Waals surface area (Å²) in [6, 6.07) is 11.6. The zero-order valence-electron chi connectivity index (χ0n) is 16.6. The Morgan fingerprint density at radius 1 is 1.31 bits per heavy atom. The molecule has 1 aliphatic rings. The van der Waals surface area contributed by atoms with Crippen LogP contribution in [0, 0.1) is 6.92 Å². The molecule has 0 saturated carbocycles. The number of amides is 1. The minimum atomic E-state index is -0.132. The van der Waals surface area contributed by atoms with Gasteiger partial charge in [-0.15, -0.1) is 0 Å². The molecule has 0 radical (unpaired) electrons. The molecule has 1 amide bonds. The SMILES string of the molecule is Cc1ccc(-c2cc(C(=O)N3CC[C@@H](N(C)Cc4nccc(N)n4)C3)on2)cc1. The Bertz CT molecular complexity index is 1000. The molecule has 1 saturated heterocycles. The fourth-order valence-corrected chi connectivity index (χ4v) is 3.52. The van der Waals surface area contributed by atoms with Gasteiger partial charge in [0.1, 0.15) is 17.3 Å². The van der Waals surface area contributed by atoms with E-state index in [9.17, 15) is 4.79 Å². The standard InChI is InChI=1S/C21H24N6O2/c1-14-3-5-15(6-4-14)17-11-18(29-25-17)21(28)27-10-8-16(12-27)26(2)13-20-23-9-7-19(22)24-20/h3-7,9,11,16H,8,10,12-13H2,1-2H3,(H2,22,23,24)/t16-/m1/s1. The van der Waals surface area contributed by atoms with Gasteiger partial charge in [-0.2, -0.15) is 0 Å². The summed E-state index contributed by atoms with van der Waals surface area (Å²) in [6.45, 7) is 3.91. The average Bonchev–Trinajstić information content (AvgIpc) is 3.38. The molecule has 0 aliphatic carbocycles. The van der Waals surface area contributed by atoms with Crippen LogP contribution < -0.4 is 5.73 Å². The third-order valence-corrected chi connectivity index (χ3v) is 5.26. The molecule has 1 aliphatic heterocycles. The van der Waals surface area contributed by atoms with Crippen LogP contribution in [0.25, 0.3) is 11.3 Å². The first-order chi connectivity index (χ1) is 14.0. The Labute approximate surface area is 169 Å². The van der Waals surface area contributed by atoms with Crippen molar-refractivity contribution in [2.24, 2.45) is 0 Å². The van der Waals surface area contributed by atoms with Crippen LogP contribution in [0.5, 0.6) is 0 Å². The van der Waals surface area contributed by atoms with Gasteiger partial charge < -0.3 is 15.2 Å². The largest absolute Gasteiger partial charge is 0.384 e. The van der Waals surface area contributed by atoms with Crippen LogP contribution >= 0.6 is 0 Å². The predicted octanol–water partition coefficient (Wildman–Crippen LogP) is 2.37. The smallest absolute Gasteiger partial charge is 0.292 e. The molecule has 0 spiro atoms. The summed E-state index contributed by atoms with van der Waals surface area (Å²) in [6.07, 6.45) is 2.54. The number of nitrogen functional groups attached to an aromatic ring is 1. The van der Waals surface area contributed by atoms with Gasteiger partial charge in [0, 0.05) is 37.0 Å². The number of aromatic nitrogens is 3. The molecular weight excluding hydrogens is 368 g/mol. The van der Waals surface area contributed by atoms with Gasteiger partial charge in [-0.1, -0.05) is 35.0 Å². The van der Waals surface area contributed by atoms with Crippen molar-refractivity contribution in [3.63, 3.8) is 0 Å². The van der Waals surface area contributed by atoms with Gasteiger partial charge in [0.05, 0.1) is 6.54 Å². The van der Waals surface area contributed by atoms with Crippen molar-refractivity contribution in [1.29, 1.82) is 0 Å². The highest BCUT2D eigenvalue weighted by atomic mass is 16.5. The van der Waals surface area contributed by atoms with Crippen LogP contribution in [0.2, 0.25) is 0 Å². The summed E-state index contributed by atoms with van der Waals surface area (Å²) in [7, 11) is 2.01. The molecule has 0 bridgehead atoms. The topological polar surface area (TPSA) is 101 Å². The first kappa shape index (κ1) is 19.1. The molecule has 1 fully saturated rings. The monoisotopic (exact) mass is 392 g/mol. The molecule has 1 aromatic carbocycles. The minimum absolute atomic E-state index is 0.132. The molecular formula is C21H24N6O2. The molecule has 2 N–H and O–H groups in total. The van der Waals surface area contributed by atoms with E-state index in [4.69, 9.17) is 10.3 Å². The lowest BCUT2D eigenvalue weighted by Crippen LogP contribution is -2.36. The first-order valence-electron chi connectivity index (χ1n) is 9.60. The van der Waals surface area contributed by atoms with Gasteiger partial charge in [-0.3, -0.25) is 9.69 Å². The summed E-state index contributed by atoms with van der Waals surface area (Å²) in [4.78, 5) is 25.3. The van der Waals surface area contributed by atoms with Gasteiger partial charge in [0.2, 0.25) is 5.76 Å². The third kappa shape index (κ3) is 4.27. The van der Waals surface area contributed by atoms with E-state index < -0.39 is 0 Å².